The number of piperidine rings is 1. The first-order chi connectivity index (χ1) is 17.4. The number of carbonyl (C=O) groups is 1. The van der Waals surface area contributed by atoms with Gasteiger partial charge in [0.2, 0.25) is 15.1 Å². The smallest absolute Gasteiger partial charge is 0.243 e. The minimum Gasteiger partial charge on any atom is -0.285 e. The molecule has 1 fully saturated rings. The second-order valence-corrected chi connectivity index (χ2v) is 12.7. The van der Waals surface area contributed by atoms with E-state index in [2.05, 4.69) is 24.3 Å². The summed E-state index contributed by atoms with van der Waals surface area (Å²) in [7, 11) is -3.72. The van der Waals surface area contributed by atoms with Gasteiger partial charge in [0, 0.05) is 11.8 Å². The maximum Gasteiger partial charge on any atom is 0.243 e. The highest BCUT2D eigenvalue weighted by molar-refractivity contribution is 8.14. The van der Waals surface area contributed by atoms with Crippen molar-refractivity contribution >= 4 is 26.9 Å². The molecule has 0 unspecified atom stereocenters. The highest BCUT2D eigenvalue weighted by Crippen LogP contribution is 2.32. The van der Waals surface area contributed by atoms with Crippen molar-refractivity contribution in [2.24, 2.45) is 0 Å². The summed E-state index contributed by atoms with van der Waals surface area (Å²) in [6.45, 7) is 2.33. The zero-order valence-electron chi connectivity index (χ0n) is 20.9. The fourth-order valence-corrected chi connectivity index (χ4v) is 7.65. The molecule has 0 aliphatic carbocycles. The molecule has 0 N–H and O–H groups in total. The Morgan fingerprint density at radius 2 is 1.42 bits per heavy atom. The van der Waals surface area contributed by atoms with Gasteiger partial charge >= 0.3 is 0 Å². The predicted molar refractivity (Wildman–Crippen MR) is 149 cm³/mol. The van der Waals surface area contributed by atoms with Gasteiger partial charge < -0.3 is 0 Å². The first-order valence-electron chi connectivity index (χ1n) is 12.8. The van der Waals surface area contributed by atoms with Crippen molar-refractivity contribution in [1.82, 2.24) is 4.31 Å². The number of hydrogen-bond acceptors (Lipinski definition) is 4. The number of benzene rings is 3. The second kappa shape index (κ2) is 12.7. The van der Waals surface area contributed by atoms with Gasteiger partial charge in [0.1, 0.15) is 0 Å². The van der Waals surface area contributed by atoms with Crippen molar-refractivity contribution in [3.8, 4) is 0 Å². The molecule has 36 heavy (non-hydrogen) atoms. The van der Waals surface area contributed by atoms with Gasteiger partial charge in [-0.05, 0) is 68.7 Å². The topological polar surface area (TPSA) is 54.5 Å². The van der Waals surface area contributed by atoms with Gasteiger partial charge in [-0.15, -0.1) is 0 Å². The van der Waals surface area contributed by atoms with Crippen LogP contribution >= 0.6 is 11.8 Å². The zero-order valence-corrected chi connectivity index (χ0v) is 22.5. The molecule has 4 rings (SSSR count). The van der Waals surface area contributed by atoms with Crippen LogP contribution in [-0.4, -0.2) is 35.7 Å². The van der Waals surface area contributed by atoms with Crippen molar-refractivity contribution in [3.63, 3.8) is 0 Å². The molecule has 1 aliphatic heterocycles. The summed E-state index contributed by atoms with van der Waals surface area (Å²) >= 11 is 1.36. The molecule has 0 amide bonds. The molecule has 190 valence electrons. The number of nitrogens with zero attached hydrogens (tertiary/aromatic N) is 1. The number of thioether (sulfide) groups is 1. The lowest BCUT2D eigenvalue weighted by atomic mass is 10.0. The van der Waals surface area contributed by atoms with Crippen LogP contribution in [0.1, 0.15) is 48.8 Å². The lowest BCUT2D eigenvalue weighted by Gasteiger charge is -2.34. The Morgan fingerprint density at radius 1 is 0.861 bits per heavy atom. The maximum absolute atomic E-state index is 13.6. The van der Waals surface area contributed by atoms with E-state index in [1.807, 2.05) is 55.5 Å². The van der Waals surface area contributed by atoms with Gasteiger partial charge in [-0.25, -0.2) is 8.42 Å². The molecule has 1 aliphatic rings. The van der Waals surface area contributed by atoms with Gasteiger partial charge in [-0.1, -0.05) is 96.5 Å². The van der Waals surface area contributed by atoms with Crippen molar-refractivity contribution in [2.45, 2.75) is 68.1 Å². The van der Waals surface area contributed by atoms with Gasteiger partial charge in [0.05, 0.1) is 10.9 Å². The SMILES string of the molecule is Cc1ccc(S(=O)(=O)N2CCCC[C@H]2C(=O)SC(CCc2ccccc2)CCc2ccccc2)cc1. The molecule has 0 bridgehead atoms. The quantitative estimate of drug-likeness (QED) is 0.308. The number of carbonyl (C=O) groups excluding carboxylic acids is 1. The Morgan fingerprint density at radius 3 is 1.97 bits per heavy atom. The van der Waals surface area contributed by atoms with E-state index in [0.717, 1.165) is 44.1 Å². The molecule has 0 spiro atoms. The zero-order chi connectivity index (χ0) is 25.4. The van der Waals surface area contributed by atoms with E-state index in [1.54, 1.807) is 12.1 Å². The molecule has 1 atom stereocenters. The summed E-state index contributed by atoms with van der Waals surface area (Å²) < 4.78 is 28.4. The van der Waals surface area contributed by atoms with Crippen LogP contribution in [0.2, 0.25) is 0 Å². The summed E-state index contributed by atoms with van der Waals surface area (Å²) in [4.78, 5) is 13.9. The largest absolute Gasteiger partial charge is 0.285 e. The van der Waals surface area contributed by atoms with Crippen LogP contribution in [0.15, 0.2) is 89.8 Å². The summed E-state index contributed by atoms with van der Waals surface area (Å²) in [5.41, 5.74) is 3.53. The van der Waals surface area contributed by atoms with Gasteiger partial charge in [0.25, 0.3) is 0 Å². The van der Waals surface area contributed by atoms with Crippen LogP contribution < -0.4 is 0 Å². The van der Waals surface area contributed by atoms with E-state index in [1.165, 1.54) is 27.2 Å². The molecule has 6 heteroatoms. The molecule has 0 radical (unpaired) electrons. The van der Waals surface area contributed by atoms with Crippen molar-refractivity contribution < 1.29 is 13.2 Å². The molecule has 3 aromatic rings. The van der Waals surface area contributed by atoms with Crippen LogP contribution in [0.25, 0.3) is 0 Å². The molecule has 1 saturated heterocycles. The van der Waals surface area contributed by atoms with Crippen molar-refractivity contribution in [3.05, 3.63) is 102 Å². The number of rotatable bonds is 10. The van der Waals surface area contributed by atoms with Gasteiger partial charge in [-0.3, -0.25) is 4.79 Å². The van der Waals surface area contributed by atoms with Crippen molar-refractivity contribution in [2.75, 3.05) is 6.54 Å². The van der Waals surface area contributed by atoms with Gasteiger partial charge in [-0.2, -0.15) is 4.31 Å². The van der Waals surface area contributed by atoms with E-state index >= 15 is 0 Å². The molecule has 0 aromatic heterocycles. The summed E-state index contributed by atoms with van der Waals surface area (Å²) in [6.07, 6.45) is 5.80. The third-order valence-electron chi connectivity index (χ3n) is 6.83. The Bertz CT molecular complexity index is 1170. The summed E-state index contributed by atoms with van der Waals surface area (Å²) in [5, 5.41) is 0.111. The van der Waals surface area contributed by atoms with Crippen LogP contribution in [-0.2, 0) is 27.7 Å². The highest BCUT2D eigenvalue weighted by atomic mass is 32.2. The average Bonchev–Trinajstić information content (AvgIpc) is 2.91. The minimum atomic E-state index is -3.72. The van der Waals surface area contributed by atoms with E-state index in [-0.39, 0.29) is 15.3 Å². The van der Waals surface area contributed by atoms with E-state index in [0.29, 0.717) is 13.0 Å². The Balaban J connectivity index is 1.48. The first kappa shape index (κ1) is 26.6. The fraction of sp³-hybridized carbons (Fsp3) is 0.367. The first-order valence-corrected chi connectivity index (χ1v) is 15.1. The molecule has 4 nitrogen and oxygen atoms in total. The number of aryl methyl sites for hydroxylation is 3. The Hall–Kier alpha value is -2.41. The van der Waals surface area contributed by atoms with Crippen LogP contribution in [0, 0.1) is 6.92 Å². The lowest BCUT2D eigenvalue weighted by molar-refractivity contribution is -0.115. The van der Waals surface area contributed by atoms with Gasteiger partial charge in [0.15, 0.2) is 0 Å². The monoisotopic (exact) mass is 521 g/mol. The van der Waals surface area contributed by atoms with E-state index < -0.39 is 16.1 Å². The number of hydrogen-bond donors (Lipinski definition) is 0. The maximum atomic E-state index is 13.6. The Kier molecular flexibility index (Phi) is 9.41. The third kappa shape index (κ3) is 7.09. The molecular weight excluding hydrogens is 486 g/mol. The van der Waals surface area contributed by atoms with Crippen LogP contribution in [0.3, 0.4) is 0 Å². The number of sulfonamides is 1. The minimum absolute atomic E-state index is 0.0171. The molecular formula is C30H35NO3S2. The lowest BCUT2D eigenvalue weighted by Crippen LogP contribution is -2.47. The fourth-order valence-electron chi connectivity index (χ4n) is 4.72. The van der Waals surface area contributed by atoms with Crippen LogP contribution in [0.5, 0.6) is 0 Å². The standard InChI is InChI=1S/C30H35NO3S2/c1-24-15-21-28(22-16-24)36(33,34)31-23-9-8-14-29(31)30(32)35-27(19-17-25-10-4-2-5-11-25)20-18-26-12-6-3-7-13-26/h2-7,10-13,15-16,21-22,27,29H,8-9,14,17-20,23H2,1H3/t29-/m0/s1. The Labute approximate surface area is 220 Å². The molecule has 3 aromatic carbocycles. The third-order valence-corrected chi connectivity index (χ3v) is 10.1. The second-order valence-electron chi connectivity index (χ2n) is 9.55. The summed E-state index contributed by atoms with van der Waals surface area (Å²) in [6, 6.07) is 27.0. The normalized spacial score (nSPS) is 16.8. The van der Waals surface area contributed by atoms with E-state index in [4.69, 9.17) is 0 Å². The van der Waals surface area contributed by atoms with E-state index in [9.17, 15) is 13.2 Å². The van der Waals surface area contributed by atoms with Crippen LogP contribution in [0.4, 0.5) is 0 Å². The highest BCUT2D eigenvalue weighted by Gasteiger charge is 2.38. The molecule has 1 heterocycles. The van der Waals surface area contributed by atoms with Crippen molar-refractivity contribution in [1.29, 1.82) is 0 Å². The predicted octanol–water partition coefficient (Wildman–Crippen LogP) is 6.43. The summed E-state index contributed by atoms with van der Waals surface area (Å²) in [5.74, 6) is 0. The average molecular weight is 522 g/mol. The molecule has 0 saturated carbocycles.